The Morgan fingerprint density at radius 2 is 1.95 bits per heavy atom. The van der Waals surface area contributed by atoms with Crippen LogP contribution in [-0.2, 0) is 10.0 Å². The zero-order valence-corrected chi connectivity index (χ0v) is 20.1. The topological polar surface area (TPSA) is 115 Å². The van der Waals surface area contributed by atoms with Gasteiger partial charge in [0.25, 0.3) is 6.43 Å². The van der Waals surface area contributed by atoms with E-state index < -0.39 is 29.0 Å². The Morgan fingerprint density at radius 1 is 1.22 bits per heavy atom. The average Bonchev–Trinajstić information content (AvgIpc) is 3.32. The van der Waals surface area contributed by atoms with Crippen LogP contribution in [0.1, 0.15) is 19.5 Å². The molecule has 2 unspecified atom stereocenters. The molecule has 1 fully saturated rings. The van der Waals surface area contributed by atoms with Crippen molar-refractivity contribution < 1.29 is 13.6 Å². The van der Waals surface area contributed by atoms with Crippen molar-refractivity contribution in [2.24, 2.45) is 5.41 Å². The monoisotopic (exact) mass is 494 g/mol. The van der Waals surface area contributed by atoms with Gasteiger partial charge in [-0.25, -0.2) is 18.7 Å². The smallest absolute Gasteiger partial charge is 0.265 e. The van der Waals surface area contributed by atoms with Crippen LogP contribution < -0.4 is 4.90 Å². The summed E-state index contributed by atoms with van der Waals surface area (Å²) in [5.74, 6) is -0.319. The number of halogens is 2. The van der Waals surface area contributed by atoms with Gasteiger partial charge in [0.2, 0.25) is 5.91 Å². The molecule has 1 aliphatic rings. The standard InChI is InChI=1S/C23H19B3F2N8O/c1-13-10-34(6-7-35(13)21(37)22(2,11-30)20(27)28)19-16-5-3-4-15(18(16)31-12-32-19)17-8-14(9-29)36(33-17)23(24,25)26/h3-5,8,12-13,20H,6-7,10H2,1-2H3. The summed E-state index contributed by atoms with van der Waals surface area (Å²) in [7, 11) is 17.2. The molecule has 1 saturated heterocycles. The van der Waals surface area contributed by atoms with E-state index in [4.69, 9.17) is 23.5 Å². The molecule has 0 saturated carbocycles. The Labute approximate surface area is 216 Å². The molecular formula is C23H19B3F2N8O. The van der Waals surface area contributed by atoms with Crippen molar-refractivity contribution in [3.63, 3.8) is 0 Å². The maximum Gasteiger partial charge on any atom is 0.265 e. The van der Waals surface area contributed by atoms with Crippen LogP contribution in [0.3, 0.4) is 0 Å². The van der Waals surface area contributed by atoms with Crippen molar-refractivity contribution in [2.45, 2.75) is 31.6 Å². The van der Waals surface area contributed by atoms with Crippen molar-refractivity contribution >= 4 is 46.2 Å². The number of anilines is 1. The lowest BCUT2D eigenvalue weighted by Crippen LogP contribution is -2.58. The van der Waals surface area contributed by atoms with Gasteiger partial charge >= 0.3 is 0 Å². The molecule has 1 amide bonds. The second-order valence-corrected chi connectivity index (χ2v) is 9.13. The third kappa shape index (κ3) is 4.52. The molecule has 4 rings (SSSR count). The minimum absolute atomic E-state index is 0.0663. The summed E-state index contributed by atoms with van der Waals surface area (Å²) in [5, 5.41) is 21.8. The second kappa shape index (κ2) is 9.51. The van der Waals surface area contributed by atoms with Crippen LogP contribution in [0.15, 0.2) is 30.6 Å². The Hall–Kier alpha value is -3.93. The minimum atomic E-state index is -3.10. The SMILES string of the molecule is [B]C([B])([B])n1nc(-c2cccc3c(N4CCN(C(=O)C(C)(C#N)C(F)F)C(C)C4)ncnc23)cc1C#N. The Balaban J connectivity index is 1.68. The number of aromatic nitrogens is 4. The number of piperazine rings is 1. The molecule has 6 radical (unpaired) electrons. The van der Waals surface area contributed by atoms with Gasteiger partial charge in [-0.15, -0.1) is 0 Å². The Morgan fingerprint density at radius 3 is 2.51 bits per heavy atom. The van der Waals surface area contributed by atoms with Crippen molar-refractivity contribution in [1.82, 2.24) is 24.6 Å². The highest BCUT2D eigenvalue weighted by Crippen LogP contribution is 2.34. The number of amides is 1. The van der Waals surface area contributed by atoms with E-state index in [1.807, 2.05) is 17.0 Å². The van der Waals surface area contributed by atoms with E-state index in [1.165, 1.54) is 23.4 Å². The molecule has 3 aromatic rings. The van der Waals surface area contributed by atoms with Crippen molar-refractivity contribution in [3.8, 4) is 23.4 Å². The fraction of sp³-hybridized carbons (Fsp3) is 0.391. The van der Waals surface area contributed by atoms with Gasteiger partial charge in [-0.1, -0.05) is 12.1 Å². The first-order valence-corrected chi connectivity index (χ1v) is 11.3. The van der Waals surface area contributed by atoms with Gasteiger partial charge in [0, 0.05) is 42.7 Å². The van der Waals surface area contributed by atoms with Gasteiger partial charge in [-0.05, 0) is 25.2 Å². The number of alkyl halides is 2. The normalized spacial score (nSPS) is 17.9. The molecule has 0 aliphatic carbocycles. The largest absolute Gasteiger partial charge is 0.352 e. The number of nitrogens with zero attached hydrogens (tertiary/aromatic N) is 8. The predicted octanol–water partition coefficient (Wildman–Crippen LogP) is 1.27. The maximum absolute atomic E-state index is 13.5. The number of para-hydroxylation sites is 1. The van der Waals surface area contributed by atoms with Crippen molar-refractivity contribution in [2.75, 3.05) is 24.5 Å². The number of carbonyl (C=O) groups excluding carboxylic acids is 1. The van der Waals surface area contributed by atoms with Gasteiger partial charge in [0.15, 0.2) is 5.41 Å². The molecule has 0 spiro atoms. The lowest BCUT2D eigenvalue weighted by molar-refractivity contribution is -0.147. The molecule has 2 atom stereocenters. The van der Waals surface area contributed by atoms with E-state index in [1.54, 1.807) is 19.1 Å². The molecule has 37 heavy (non-hydrogen) atoms. The second-order valence-electron chi connectivity index (χ2n) is 9.13. The van der Waals surface area contributed by atoms with E-state index in [9.17, 15) is 24.1 Å². The van der Waals surface area contributed by atoms with Gasteiger partial charge in [0.05, 0.1) is 40.8 Å². The molecule has 0 N–H and O–H groups in total. The van der Waals surface area contributed by atoms with Crippen molar-refractivity contribution in [3.05, 3.63) is 36.3 Å². The third-order valence-electron chi connectivity index (χ3n) is 6.41. The van der Waals surface area contributed by atoms with E-state index >= 15 is 0 Å². The van der Waals surface area contributed by atoms with Crippen LogP contribution in [0.5, 0.6) is 0 Å². The molecule has 14 heteroatoms. The first kappa shape index (κ1) is 26.1. The van der Waals surface area contributed by atoms with Crippen LogP contribution in [0.4, 0.5) is 14.6 Å². The van der Waals surface area contributed by atoms with Gasteiger partial charge in [-0.2, -0.15) is 15.6 Å². The van der Waals surface area contributed by atoms with E-state index in [-0.39, 0.29) is 12.2 Å². The molecule has 0 bridgehead atoms. The van der Waals surface area contributed by atoms with Crippen molar-refractivity contribution in [1.29, 1.82) is 10.5 Å². The fourth-order valence-electron chi connectivity index (χ4n) is 4.36. The van der Waals surface area contributed by atoms with E-state index in [0.717, 1.165) is 11.6 Å². The summed E-state index contributed by atoms with van der Waals surface area (Å²) in [5.41, 5.74) is -0.837. The zero-order chi connectivity index (χ0) is 27.1. The number of rotatable bonds is 5. The quantitative estimate of drug-likeness (QED) is 0.491. The van der Waals surface area contributed by atoms with Crippen LogP contribution in [0, 0.1) is 28.1 Å². The van der Waals surface area contributed by atoms with Gasteiger partial charge in [-0.3, -0.25) is 9.48 Å². The molecule has 3 heterocycles. The first-order valence-electron chi connectivity index (χ1n) is 11.3. The summed E-state index contributed by atoms with van der Waals surface area (Å²) in [6.07, 6.45) is -1.72. The number of fused-ring (bicyclic) bond motifs is 1. The number of hydrogen-bond donors (Lipinski definition) is 0. The minimum Gasteiger partial charge on any atom is -0.352 e. The first-order chi connectivity index (χ1) is 17.4. The van der Waals surface area contributed by atoms with Crippen LogP contribution >= 0.6 is 0 Å². The summed E-state index contributed by atoms with van der Waals surface area (Å²) >= 11 is 0. The lowest BCUT2D eigenvalue weighted by Gasteiger charge is -2.42. The van der Waals surface area contributed by atoms with Gasteiger partial charge in [0.1, 0.15) is 23.9 Å². The van der Waals surface area contributed by atoms with Crippen LogP contribution in [0.25, 0.3) is 22.2 Å². The third-order valence-corrected chi connectivity index (χ3v) is 6.41. The highest BCUT2D eigenvalue weighted by atomic mass is 19.3. The number of hydrogen-bond acceptors (Lipinski definition) is 7. The molecule has 9 nitrogen and oxygen atoms in total. The molecule has 1 aliphatic heterocycles. The molecule has 2 aromatic heterocycles. The molecule has 1 aromatic carbocycles. The summed E-state index contributed by atoms with van der Waals surface area (Å²) in [6.45, 7) is 3.44. The Bertz CT molecular complexity index is 1440. The highest BCUT2D eigenvalue weighted by molar-refractivity contribution is 6.56. The van der Waals surface area contributed by atoms with Gasteiger partial charge < -0.3 is 9.80 Å². The lowest BCUT2D eigenvalue weighted by atomic mass is 9.49. The zero-order valence-electron chi connectivity index (χ0n) is 20.1. The predicted molar refractivity (Wildman–Crippen MR) is 134 cm³/mol. The van der Waals surface area contributed by atoms with Crippen LogP contribution in [-0.4, -0.2) is 86.2 Å². The number of carbonyl (C=O) groups is 1. The Kier molecular flexibility index (Phi) is 6.72. The van der Waals surface area contributed by atoms with E-state index in [0.29, 0.717) is 41.1 Å². The summed E-state index contributed by atoms with van der Waals surface area (Å²) < 4.78 is 28.0. The maximum atomic E-state index is 13.5. The fourth-order valence-corrected chi connectivity index (χ4v) is 4.36. The molecular weight excluding hydrogens is 475 g/mol. The van der Waals surface area contributed by atoms with E-state index in [2.05, 4.69) is 15.1 Å². The highest BCUT2D eigenvalue weighted by Gasteiger charge is 2.47. The van der Waals surface area contributed by atoms with Crippen LogP contribution in [0.2, 0.25) is 0 Å². The average molecular weight is 494 g/mol. The summed E-state index contributed by atoms with van der Waals surface area (Å²) in [6, 6.07) is 9.85. The number of nitriles is 2. The summed E-state index contributed by atoms with van der Waals surface area (Å²) in [4.78, 5) is 24.9. The number of benzene rings is 1. The molecule has 180 valence electrons.